The number of rotatable bonds is 3. The highest BCUT2D eigenvalue weighted by molar-refractivity contribution is 5.89. The maximum absolute atomic E-state index is 11.7. The Bertz CT molecular complexity index is 870. The number of methoxy groups -OCH3 is 2. The molecular weight excluding hydrogens is 326 g/mol. The van der Waals surface area contributed by atoms with Gasteiger partial charge in [0.15, 0.2) is 0 Å². The van der Waals surface area contributed by atoms with E-state index in [1.54, 1.807) is 7.11 Å². The van der Waals surface area contributed by atoms with E-state index in [0.29, 0.717) is 17.4 Å². The van der Waals surface area contributed by atoms with E-state index in [4.69, 9.17) is 9.47 Å². The summed E-state index contributed by atoms with van der Waals surface area (Å²) >= 11 is 0. The molecule has 1 heterocycles. The number of ether oxygens (including phenoxy) is 2. The van der Waals surface area contributed by atoms with Gasteiger partial charge in [-0.1, -0.05) is 30.4 Å². The molecule has 0 saturated carbocycles. The summed E-state index contributed by atoms with van der Waals surface area (Å²) in [6.45, 7) is 2.16. The van der Waals surface area contributed by atoms with E-state index in [0.717, 1.165) is 17.9 Å². The number of nitrogens with one attached hydrogen (secondary N) is 1. The summed E-state index contributed by atoms with van der Waals surface area (Å²) in [7, 11) is 3.11. The second kappa shape index (κ2) is 6.52. The molecule has 2 aromatic carbocycles. The Morgan fingerprint density at radius 1 is 1.12 bits per heavy atom. The molecule has 0 bridgehead atoms. The third-order valence-electron chi connectivity index (χ3n) is 5.61. The molecule has 1 N–H and O–H groups in total. The Morgan fingerprint density at radius 3 is 2.58 bits per heavy atom. The van der Waals surface area contributed by atoms with Crippen molar-refractivity contribution in [1.29, 1.82) is 0 Å². The van der Waals surface area contributed by atoms with Crippen molar-refractivity contribution in [2.45, 2.75) is 25.3 Å². The molecular formula is C22H23NO3. The summed E-state index contributed by atoms with van der Waals surface area (Å²) in [6, 6.07) is 12.0. The fourth-order valence-corrected chi connectivity index (χ4v) is 4.32. The largest absolute Gasteiger partial charge is 0.495 e. The number of hydrogen-bond acceptors (Lipinski definition) is 4. The molecule has 0 fully saturated rings. The lowest BCUT2D eigenvalue weighted by Crippen LogP contribution is -2.30. The summed E-state index contributed by atoms with van der Waals surface area (Å²) in [5.74, 6) is 1.40. The van der Waals surface area contributed by atoms with Gasteiger partial charge in [-0.3, -0.25) is 0 Å². The lowest BCUT2D eigenvalue weighted by atomic mass is 9.75. The van der Waals surface area contributed by atoms with E-state index in [-0.39, 0.29) is 12.0 Å². The highest BCUT2D eigenvalue weighted by atomic mass is 16.5. The lowest BCUT2D eigenvalue weighted by molar-refractivity contribution is 0.0600. The second-order valence-corrected chi connectivity index (χ2v) is 6.96. The molecule has 4 rings (SSSR count). The van der Waals surface area contributed by atoms with Gasteiger partial charge < -0.3 is 14.8 Å². The molecule has 134 valence electrons. The molecule has 4 nitrogen and oxygen atoms in total. The molecule has 2 aliphatic rings. The summed E-state index contributed by atoms with van der Waals surface area (Å²) < 4.78 is 10.4. The van der Waals surface area contributed by atoms with Crippen molar-refractivity contribution < 1.29 is 14.3 Å². The van der Waals surface area contributed by atoms with E-state index in [1.165, 1.54) is 23.8 Å². The first kappa shape index (κ1) is 16.7. The minimum atomic E-state index is -0.309. The van der Waals surface area contributed by atoms with Crippen LogP contribution in [0, 0.1) is 12.8 Å². The zero-order valence-electron chi connectivity index (χ0n) is 15.3. The van der Waals surface area contributed by atoms with Gasteiger partial charge in [0.25, 0.3) is 0 Å². The van der Waals surface area contributed by atoms with Crippen LogP contribution in [0.25, 0.3) is 0 Å². The van der Waals surface area contributed by atoms with Crippen molar-refractivity contribution >= 4 is 11.7 Å². The molecule has 4 heteroatoms. The molecule has 2 aromatic rings. The lowest BCUT2D eigenvalue weighted by Gasteiger charge is -2.39. The van der Waals surface area contributed by atoms with Crippen LogP contribution in [0.5, 0.6) is 5.75 Å². The predicted molar refractivity (Wildman–Crippen MR) is 102 cm³/mol. The molecule has 3 atom stereocenters. The number of benzene rings is 2. The van der Waals surface area contributed by atoms with Crippen LogP contribution in [0.1, 0.15) is 45.4 Å². The first-order chi connectivity index (χ1) is 12.6. The van der Waals surface area contributed by atoms with Crippen molar-refractivity contribution in [3.8, 4) is 5.75 Å². The molecule has 26 heavy (non-hydrogen) atoms. The Hall–Kier alpha value is -2.75. The third-order valence-corrected chi connectivity index (χ3v) is 5.61. The Kier molecular flexibility index (Phi) is 4.19. The van der Waals surface area contributed by atoms with Crippen molar-refractivity contribution in [2.24, 2.45) is 5.92 Å². The topological polar surface area (TPSA) is 47.6 Å². The van der Waals surface area contributed by atoms with Crippen LogP contribution in [0.2, 0.25) is 0 Å². The van der Waals surface area contributed by atoms with E-state index in [1.807, 2.05) is 30.3 Å². The Labute approximate surface area is 153 Å². The van der Waals surface area contributed by atoms with Gasteiger partial charge in [-0.05, 0) is 54.2 Å². The number of aryl methyl sites for hydroxylation is 1. The number of carbonyl (C=O) groups excluding carboxylic acids is 1. The van der Waals surface area contributed by atoms with Gasteiger partial charge in [0, 0.05) is 5.92 Å². The molecule has 0 aromatic heterocycles. The van der Waals surface area contributed by atoms with Gasteiger partial charge in [0.05, 0.1) is 31.5 Å². The fraction of sp³-hybridized carbons (Fsp3) is 0.318. The average Bonchev–Trinajstić information content (AvgIpc) is 3.16. The predicted octanol–water partition coefficient (Wildman–Crippen LogP) is 4.62. The van der Waals surface area contributed by atoms with Crippen molar-refractivity contribution in [3.05, 3.63) is 70.8 Å². The number of allylic oxidation sites excluding steroid dienone is 2. The second-order valence-electron chi connectivity index (χ2n) is 6.96. The summed E-state index contributed by atoms with van der Waals surface area (Å²) in [4.78, 5) is 11.7. The zero-order chi connectivity index (χ0) is 18.3. The number of carbonyl (C=O) groups is 1. The SMILES string of the molecule is COC(=O)c1ccc([C@@H]2Nc3c(OC)ccc(C)c3[C@H]3C=CC[C@H]32)cc1. The normalized spacial score (nSPS) is 23.0. The van der Waals surface area contributed by atoms with Gasteiger partial charge in [-0.25, -0.2) is 4.79 Å². The van der Waals surface area contributed by atoms with E-state index in [2.05, 4.69) is 30.5 Å². The zero-order valence-corrected chi connectivity index (χ0v) is 15.3. The molecule has 0 spiro atoms. The maximum Gasteiger partial charge on any atom is 0.337 e. The molecule has 0 saturated heterocycles. The minimum absolute atomic E-state index is 0.171. The van der Waals surface area contributed by atoms with E-state index in [9.17, 15) is 4.79 Å². The molecule has 0 radical (unpaired) electrons. The van der Waals surface area contributed by atoms with Crippen molar-refractivity contribution in [3.63, 3.8) is 0 Å². The smallest absolute Gasteiger partial charge is 0.337 e. The standard InChI is InChI=1S/C22H23NO3/c1-13-7-12-18(25-2)21-19(13)16-5-4-6-17(16)20(23-21)14-8-10-15(11-9-14)22(24)26-3/h4-5,7-12,16-17,20,23H,6H2,1-3H3/t16-,17+,20-/m0/s1. The first-order valence-electron chi connectivity index (χ1n) is 8.93. The number of esters is 1. The van der Waals surface area contributed by atoms with Gasteiger partial charge in [-0.15, -0.1) is 0 Å². The van der Waals surface area contributed by atoms with Gasteiger partial charge >= 0.3 is 5.97 Å². The van der Waals surface area contributed by atoms with E-state index < -0.39 is 0 Å². The maximum atomic E-state index is 11.7. The van der Waals surface area contributed by atoms with Crippen LogP contribution >= 0.6 is 0 Å². The van der Waals surface area contributed by atoms with Crippen LogP contribution in [-0.2, 0) is 4.74 Å². The Balaban J connectivity index is 1.75. The first-order valence-corrected chi connectivity index (χ1v) is 8.93. The summed E-state index contributed by atoms with van der Waals surface area (Å²) in [5, 5.41) is 3.73. The quantitative estimate of drug-likeness (QED) is 0.649. The average molecular weight is 349 g/mol. The molecule has 1 aliphatic heterocycles. The number of fused-ring (bicyclic) bond motifs is 3. The Morgan fingerprint density at radius 2 is 1.88 bits per heavy atom. The third kappa shape index (κ3) is 2.57. The highest BCUT2D eigenvalue weighted by Gasteiger charge is 2.39. The van der Waals surface area contributed by atoms with Crippen LogP contribution in [0.4, 0.5) is 5.69 Å². The van der Waals surface area contributed by atoms with Crippen LogP contribution < -0.4 is 10.1 Å². The molecule has 1 aliphatic carbocycles. The van der Waals surface area contributed by atoms with Crippen molar-refractivity contribution in [1.82, 2.24) is 0 Å². The van der Waals surface area contributed by atoms with Crippen LogP contribution in [-0.4, -0.2) is 20.2 Å². The van der Waals surface area contributed by atoms with E-state index >= 15 is 0 Å². The number of hydrogen-bond donors (Lipinski definition) is 1. The monoisotopic (exact) mass is 349 g/mol. The van der Waals surface area contributed by atoms with Gasteiger partial charge in [-0.2, -0.15) is 0 Å². The minimum Gasteiger partial charge on any atom is -0.495 e. The van der Waals surface area contributed by atoms with Crippen molar-refractivity contribution in [2.75, 3.05) is 19.5 Å². The molecule has 0 amide bonds. The van der Waals surface area contributed by atoms with Gasteiger partial charge in [0.1, 0.15) is 5.75 Å². The highest BCUT2D eigenvalue weighted by Crippen LogP contribution is 2.53. The summed E-state index contributed by atoms with van der Waals surface area (Å²) in [6.07, 6.45) is 5.64. The molecule has 0 unspecified atom stereocenters. The van der Waals surface area contributed by atoms with Crippen LogP contribution in [0.3, 0.4) is 0 Å². The summed E-state index contributed by atoms with van der Waals surface area (Å²) in [5.41, 5.74) is 5.45. The van der Waals surface area contributed by atoms with Crippen LogP contribution in [0.15, 0.2) is 48.6 Å². The fourth-order valence-electron chi connectivity index (χ4n) is 4.32. The van der Waals surface area contributed by atoms with Gasteiger partial charge in [0.2, 0.25) is 0 Å². The number of anilines is 1.